The third-order valence-electron chi connectivity index (χ3n) is 3.03. The van der Waals surface area contributed by atoms with Gasteiger partial charge >= 0.3 is 47.8 Å². The Balaban J connectivity index is 6.28. The molecule has 0 saturated carbocycles. The first-order valence-electron chi connectivity index (χ1n) is 6.11. The Morgan fingerprint density at radius 1 is 0.643 bits per heavy atom. The number of ether oxygens (including phenoxy) is 1. The first kappa shape index (κ1) is 26.2. The van der Waals surface area contributed by atoms with Crippen molar-refractivity contribution in [3.05, 3.63) is 0 Å². The fourth-order valence-corrected chi connectivity index (χ4v) is 1.37. The SMILES string of the molecule is COC(=O)NCC(F)(F)C(F)(F)C(F)(F)C(F)(F)C(F)(F)C(F)(F)C(F)(F)F. The predicted octanol–water partition coefficient (Wildman–Crippen LogP) is 4.72. The molecule has 0 bridgehead atoms. The molecule has 0 aliphatic carbocycles. The van der Waals surface area contributed by atoms with Crippen LogP contribution in [-0.2, 0) is 4.74 Å². The Morgan fingerprint density at radius 2 is 0.964 bits per heavy atom. The van der Waals surface area contributed by atoms with E-state index in [2.05, 4.69) is 4.74 Å². The van der Waals surface area contributed by atoms with Crippen molar-refractivity contribution in [1.29, 1.82) is 0 Å². The molecule has 0 heterocycles. The standard InChI is InChI=1S/C10H6F15NO2/c1-28-3(27)26-2-4(11,12)5(13,14)6(15,16)7(17,18)8(19,20)9(21,22)10(23,24)25/h2H2,1H3,(H,26,27). The topological polar surface area (TPSA) is 38.3 Å². The first-order chi connectivity index (χ1) is 12.0. The number of halogens is 15. The summed E-state index contributed by atoms with van der Waals surface area (Å²) in [5, 5.41) is 0.610. The molecule has 0 atom stereocenters. The minimum atomic E-state index is -8.35. The van der Waals surface area contributed by atoms with Crippen molar-refractivity contribution in [3.63, 3.8) is 0 Å². The van der Waals surface area contributed by atoms with Crippen molar-refractivity contribution < 1.29 is 75.4 Å². The zero-order chi connectivity index (χ0) is 23.2. The maximum absolute atomic E-state index is 13.2. The van der Waals surface area contributed by atoms with Crippen molar-refractivity contribution in [3.8, 4) is 0 Å². The Kier molecular flexibility index (Phi) is 6.48. The summed E-state index contributed by atoms with van der Waals surface area (Å²) in [6.45, 7) is -2.97. The van der Waals surface area contributed by atoms with Crippen molar-refractivity contribution in [2.75, 3.05) is 13.7 Å². The van der Waals surface area contributed by atoms with Gasteiger partial charge in [0.2, 0.25) is 0 Å². The Morgan fingerprint density at radius 3 is 1.29 bits per heavy atom. The fraction of sp³-hybridized carbons (Fsp3) is 0.900. The average molecular weight is 457 g/mol. The molecule has 1 N–H and O–H groups in total. The van der Waals surface area contributed by atoms with Gasteiger partial charge in [0.15, 0.2) is 0 Å². The molecule has 0 radical (unpaired) electrons. The molecular weight excluding hydrogens is 451 g/mol. The van der Waals surface area contributed by atoms with Crippen molar-refractivity contribution in [2.24, 2.45) is 0 Å². The maximum atomic E-state index is 13.2. The molecule has 28 heavy (non-hydrogen) atoms. The van der Waals surface area contributed by atoms with Crippen LogP contribution in [0.3, 0.4) is 0 Å². The summed E-state index contributed by atoms with van der Waals surface area (Å²) in [5.41, 5.74) is 0. The summed E-state index contributed by atoms with van der Waals surface area (Å²) in [7, 11) is 0.425. The van der Waals surface area contributed by atoms with Crippen LogP contribution >= 0.6 is 0 Å². The number of amides is 1. The number of rotatable bonds is 7. The van der Waals surface area contributed by atoms with Gasteiger partial charge in [0, 0.05) is 0 Å². The fourth-order valence-electron chi connectivity index (χ4n) is 1.37. The highest BCUT2D eigenvalue weighted by atomic mass is 19.4. The van der Waals surface area contributed by atoms with E-state index in [4.69, 9.17) is 0 Å². The second-order valence-electron chi connectivity index (χ2n) is 4.92. The number of carbonyl (C=O) groups is 1. The van der Waals surface area contributed by atoms with E-state index in [0.717, 1.165) is 0 Å². The number of nitrogens with one attached hydrogen (secondary N) is 1. The molecule has 0 spiro atoms. The molecule has 0 unspecified atom stereocenters. The minimum absolute atomic E-state index is 0.425. The molecule has 1 amide bonds. The normalized spacial score (nSPS) is 15.4. The van der Waals surface area contributed by atoms with Gasteiger partial charge in [-0.15, -0.1) is 0 Å². The first-order valence-corrected chi connectivity index (χ1v) is 6.11. The third-order valence-corrected chi connectivity index (χ3v) is 3.03. The highest BCUT2D eigenvalue weighted by Gasteiger charge is 2.93. The van der Waals surface area contributed by atoms with E-state index >= 15 is 0 Å². The van der Waals surface area contributed by atoms with E-state index < -0.39 is 54.3 Å². The van der Waals surface area contributed by atoms with E-state index in [0.29, 0.717) is 12.4 Å². The highest BCUT2D eigenvalue weighted by Crippen LogP contribution is 2.62. The van der Waals surface area contributed by atoms with Crippen LogP contribution in [0, 0.1) is 0 Å². The van der Waals surface area contributed by atoms with E-state index in [1.165, 1.54) is 0 Å². The van der Waals surface area contributed by atoms with Crippen LogP contribution in [0.15, 0.2) is 0 Å². The van der Waals surface area contributed by atoms with Gasteiger partial charge in [-0.25, -0.2) is 4.79 Å². The molecule has 3 nitrogen and oxygen atoms in total. The summed E-state index contributed by atoms with van der Waals surface area (Å²) in [6, 6.07) is 0. The van der Waals surface area contributed by atoms with E-state index in [-0.39, 0.29) is 0 Å². The average Bonchev–Trinajstić information content (AvgIpc) is 2.50. The van der Waals surface area contributed by atoms with Crippen LogP contribution in [0.5, 0.6) is 0 Å². The second kappa shape index (κ2) is 6.93. The summed E-state index contributed by atoms with van der Waals surface area (Å²) in [4.78, 5) is 10.4. The van der Waals surface area contributed by atoms with Gasteiger partial charge in [0.1, 0.15) is 0 Å². The van der Waals surface area contributed by atoms with Crippen LogP contribution in [0.2, 0.25) is 0 Å². The molecule has 168 valence electrons. The quantitative estimate of drug-likeness (QED) is 0.563. The van der Waals surface area contributed by atoms with Gasteiger partial charge in [-0.1, -0.05) is 0 Å². The van der Waals surface area contributed by atoms with Gasteiger partial charge in [-0.3, -0.25) is 0 Å². The summed E-state index contributed by atoms with van der Waals surface area (Å²) < 4.78 is 195. The molecule has 0 aromatic heterocycles. The van der Waals surface area contributed by atoms with Gasteiger partial charge in [0.05, 0.1) is 13.7 Å². The van der Waals surface area contributed by atoms with E-state index in [9.17, 15) is 70.7 Å². The molecule has 0 rings (SSSR count). The smallest absolute Gasteiger partial charge is 0.453 e. The molecule has 0 aromatic rings. The van der Waals surface area contributed by atoms with Crippen molar-refractivity contribution in [2.45, 2.75) is 41.7 Å². The molecule has 0 saturated heterocycles. The number of alkyl halides is 15. The van der Waals surface area contributed by atoms with Gasteiger partial charge in [-0.2, -0.15) is 65.9 Å². The van der Waals surface area contributed by atoms with Crippen molar-refractivity contribution in [1.82, 2.24) is 5.32 Å². The second-order valence-corrected chi connectivity index (χ2v) is 4.92. The molecule has 18 heteroatoms. The van der Waals surface area contributed by atoms with E-state index in [1.54, 1.807) is 0 Å². The van der Waals surface area contributed by atoms with Gasteiger partial charge in [-0.05, 0) is 0 Å². The molecule has 0 aliphatic rings. The lowest BCUT2D eigenvalue weighted by Gasteiger charge is -2.41. The molecule has 0 aliphatic heterocycles. The minimum Gasteiger partial charge on any atom is -0.453 e. The number of carbonyl (C=O) groups excluding carboxylic acids is 1. The Labute approximate surface area is 143 Å². The summed E-state index contributed by atoms with van der Waals surface area (Å²) in [6.07, 6.45) is -9.68. The van der Waals surface area contributed by atoms with Crippen LogP contribution in [0.25, 0.3) is 0 Å². The monoisotopic (exact) mass is 457 g/mol. The number of hydrogen-bond acceptors (Lipinski definition) is 2. The van der Waals surface area contributed by atoms with Crippen LogP contribution < -0.4 is 5.32 Å². The Hall–Kier alpha value is -1.78. The largest absolute Gasteiger partial charge is 0.460 e. The maximum Gasteiger partial charge on any atom is 0.460 e. The van der Waals surface area contributed by atoms with Gasteiger partial charge in [0.25, 0.3) is 0 Å². The zero-order valence-electron chi connectivity index (χ0n) is 12.7. The number of alkyl carbamates (subject to hydrolysis) is 1. The zero-order valence-corrected chi connectivity index (χ0v) is 12.7. The third kappa shape index (κ3) is 3.60. The lowest BCUT2D eigenvalue weighted by atomic mass is 9.91. The predicted molar refractivity (Wildman–Crippen MR) is 56.1 cm³/mol. The number of methoxy groups -OCH3 is 1. The lowest BCUT2D eigenvalue weighted by molar-refractivity contribution is -0.451. The number of hydrogen-bond donors (Lipinski definition) is 1. The summed E-state index contributed by atoms with van der Waals surface area (Å²) in [5.74, 6) is -47.0. The molecule has 0 aromatic carbocycles. The Bertz CT molecular complexity index is 582. The highest BCUT2D eigenvalue weighted by molar-refractivity contribution is 5.66. The molecule has 0 fully saturated rings. The lowest BCUT2D eigenvalue weighted by Crippen LogP contribution is -2.73. The summed E-state index contributed by atoms with van der Waals surface area (Å²) >= 11 is 0. The molecular formula is C10H6F15NO2. The van der Waals surface area contributed by atoms with Crippen LogP contribution in [-0.4, -0.2) is 61.5 Å². The van der Waals surface area contributed by atoms with Crippen LogP contribution in [0.1, 0.15) is 0 Å². The van der Waals surface area contributed by atoms with E-state index in [1.807, 2.05) is 0 Å². The van der Waals surface area contributed by atoms with Crippen molar-refractivity contribution >= 4 is 6.09 Å². The van der Waals surface area contributed by atoms with Gasteiger partial charge < -0.3 is 10.1 Å². The van der Waals surface area contributed by atoms with Crippen LogP contribution in [0.4, 0.5) is 70.7 Å².